The molecule has 0 aromatic heterocycles. The number of rotatable bonds is 18. The summed E-state index contributed by atoms with van der Waals surface area (Å²) in [6.45, 7) is 5.86. The van der Waals surface area contributed by atoms with E-state index in [0.29, 0.717) is 63.4 Å². The molecule has 0 bridgehead atoms. The highest BCUT2D eigenvalue weighted by atomic mass is 16.2. The molecule has 0 fully saturated rings. The van der Waals surface area contributed by atoms with Crippen LogP contribution in [0.3, 0.4) is 0 Å². The van der Waals surface area contributed by atoms with Gasteiger partial charge in [0.05, 0.1) is 0 Å². The number of nitrogens with one attached hydrogen (secondary N) is 4. The van der Waals surface area contributed by atoms with Crippen LogP contribution in [0.1, 0.15) is 71.6 Å². The number of hydrogen-bond donors (Lipinski definition) is 8. The molecule has 0 unspecified atom stereocenters. The lowest BCUT2D eigenvalue weighted by molar-refractivity contribution is -0.128. The van der Waals surface area contributed by atoms with E-state index in [9.17, 15) is 4.79 Å². The van der Waals surface area contributed by atoms with Crippen molar-refractivity contribution in [2.75, 3.05) is 39.8 Å². The fraction of sp³-hybridized carbons (Fsp3) is 0.708. The number of aliphatic imine (C=N–C) groups is 4. The first-order valence-electron chi connectivity index (χ1n) is 13.1. The lowest BCUT2D eigenvalue weighted by Crippen LogP contribution is -2.42. The third-order valence-electron chi connectivity index (χ3n) is 5.33. The van der Waals surface area contributed by atoms with Gasteiger partial charge in [-0.05, 0) is 39.0 Å². The molecule has 0 aliphatic rings. The number of nitrogens with zero attached hydrogens (tertiary/aromatic N) is 5. The summed E-state index contributed by atoms with van der Waals surface area (Å²) in [5, 5.41) is 20.6. The summed E-state index contributed by atoms with van der Waals surface area (Å²) in [5.74, 6) is 0.768. The summed E-state index contributed by atoms with van der Waals surface area (Å²) in [7, 11) is 1.54. The highest BCUT2D eigenvalue weighted by molar-refractivity contribution is 6.00. The third-order valence-corrected chi connectivity index (χ3v) is 5.33. The van der Waals surface area contributed by atoms with Crippen LogP contribution in [0.15, 0.2) is 20.0 Å². The molecule has 0 saturated carbocycles. The molecule has 14 nitrogen and oxygen atoms in total. The third kappa shape index (κ3) is 20.5. The van der Waals surface area contributed by atoms with Gasteiger partial charge in [0, 0.05) is 64.5 Å². The smallest absolute Gasteiger partial charge is 0.219 e. The van der Waals surface area contributed by atoms with E-state index in [4.69, 9.17) is 33.8 Å². The van der Waals surface area contributed by atoms with Crippen LogP contribution in [0.25, 0.3) is 0 Å². The quantitative estimate of drug-likeness (QED) is 0.0699. The van der Waals surface area contributed by atoms with Gasteiger partial charge in [-0.15, -0.1) is 0 Å². The Hall–Kier alpha value is -3.71. The van der Waals surface area contributed by atoms with Crippen LogP contribution in [-0.4, -0.2) is 85.8 Å². The molecule has 1 amide bonds. The molecule has 14 heteroatoms. The van der Waals surface area contributed by atoms with Crippen molar-refractivity contribution < 1.29 is 4.79 Å². The van der Waals surface area contributed by atoms with Gasteiger partial charge in [-0.1, -0.05) is 19.3 Å². The first kappa shape index (κ1) is 34.3. The van der Waals surface area contributed by atoms with Gasteiger partial charge in [0.15, 0.2) is 23.8 Å². The molecule has 0 saturated heterocycles. The molecule has 0 aromatic rings. The predicted octanol–water partition coefficient (Wildman–Crippen LogP) is 0.473. The molecule has 0 aliphatic carbocycles. The van der Waals surface area contributed by atoms with E-state index in [1.54, 1.807) is 18.9 Å². The van der Waals surface area contributed by atoms with E-state index in [1.807, 2.05) is 0 Å². The van der Waals surface area contributed by atoms with Crippen LogP contribution < -0.4 is 33.6 Å². The van der Waals surface area contributed by atoms with E-state index in [-0.39, 0.29) is 29.7 Å². The second kappa shape index (κ2) is 21.4. The molecule has 0 atom stereocenters. The molecule has 0 aromatic carbocycles. The van der Waals surface area contributed by atoms with Crippen LogP contribution in [0, 0.1) is 10.8 Å². The topological polar surface area (TPSA) is 246 Å². The maximum absolute atomic E-state index is 11.9. The number of unbranched alkanes of at least 4 members (excludes halogenated alkanes) is 4. The monoisotopic (exact) mass is 535 g/mol. The highest BCUT2D eigenvalue weighted by Gasteiger charge is 2.08. The van der Waals surface area contributed by atoms with Gasteiger partial charge in [0.25, 0.3) is 0 Å². The lowest BCUT2D eigenvalue weighted by Gasteiger charge is -2.20. The molecule has 0 spiro atoms. The van der Waals surface area contributed by atoms with Crippen molar-refractivity contribution in [3.8, 4) is 0 Å². The van der Waals surface area contributed by atoms with Gasteiger partial charge >= 0.3 is 0 Å². The first-order valence-corrected chi connectivity index (χ1v) is 13.1. The minimum Gasteiger partial charge on any atom is -0.370 e. The van der Waals surface area contributed by atoms with E-state index in [1.165, 1.54) is 6.92 Å². The van der Waals surface area contributed by atoms with Crippen molar-refractivity contribution in [1.82, 2.24) is 15.5 Å². The maximum atomic E-state index is 11.9. The van der Waals surface area contributed by atoms with Crippen molar-refractivity contribution in [1.29, 1.82) is 10.8 Å². The zero-order chi connectivity index (χ0) is 28.8. The Morgan fingerprint density at radius 2 is 1.16 bits per heavy atom. The van der Waals surface area contributed by atoms with E-state index >= 15 is 0 Å². The fourth-order valence-electron chi connectivity index (χ4n) is 3.37. The molecular weight excluding hydrogens is 486 g/mol. The van der Waals surface area contributed by atoms with Crippen molar-refractivity contribution >= 4 is 41.2 Å². The lowest BCUT2D eigenvalue weighted by atomic mass is 10.1. The summed E-state index contributed by atoms with van der Waals surface area (Å²) < 4.78 is 0. The van der Waals surface area contributed by atoms with Crippen LogP contribution in [0.4, 0.5) is 0 Å². The molecule has 0 radical (unpaired) electrons. The van der Waals surface area contributed by atoms with Crippen molar-refractivity contribution in [3.63, 3.8) is 0 Å². The zero-order valence-electron chi connectivity index (χ0n) is 23.4. The van der Waals surface area contributed by atoms with Gasteiger partial charge in [-0.25, -0.2) is 0 Å². The van der Waals surface area contributed by atoms with Crippen LogP contribution in [0.2, 0.25) is 0 Å². The van der Waals surface area contributed by atoms with E-state index < -0.39 is 0 Å². The second-order valence-corrected chi connectivity index (χ2v) is 8.95. The van der Waals surface area contributed by atoms with Crippen molar-refractivity contribution in [3.05, 3.63) is 0 Å². The van der Waals surface area contributed by atoms with E-state index in [2.05, 4.69) is 30.6 Å². The molecule has 0 aliphatic heterocycles. The van der Waals surface area contributed by atoms with Gasteiger partial charge in [0.1, 0.15) is 0 Å². The van der Waals surface area contributed by atoms with Crippen LogP contribution in [-0.2, 0) is 4.79 Å². The molecule has 216 valence electrons. The van der Waals surface area contributed by atoms with Gasteiger partial charge < -0.3 is 38.7 Å². The maximum Gasteiger partial charge on any atom is 0.219 e. The first-order chi connectivity index (χ1) is 18.0. The summed E-state index contributed by atoms with van der Waals surface area (Å²) in [6.07, 6.45) is 7.67. The van der Waals surface area contributed by atoms with Crippen molar-refractivity contribution in [2.24, 2.45) is 42.9 Å². The Bertz CT molecular complexity index is 848. The molecular formula is C24H49N13O. The Morgan fingerprint density at radius 1 is 0.711 bits per heavy atom. The number of nitrogens with two attached hydrogens (primary N) is 4. The predicted molar refractivity (Wildman–Crippen MR) is 158 cm³/mol. The van der Waals surface area contributed by atoms with E-state index in [0.717, 1.165) is 38.5 Å². The van der Waals surface area contributed by atoms with Crippen LogP contribution >= 0.6 is 0 Å². The number of hydrogen-bond acceptors (Lipinski definition) is 7. The average molecular weight is 536 g/mol. The van der Waals surface area contributed by atoms with Gasteiger partial charge in [-0.2, -0.15) is 0 Å². The van der Waals surface area contributed by atoms with Gasteiger partial charge in [0.2, 0.25) is 5.91 Å². The standard InChI is InChI=1S/C24H49N13O/c1-18(25)17-20(26)11-7-5-4-6-8-12-32-23(29)36-24(30)34-14-10-16-37(19(2)38)15-9-13-33-22(28)35-21(27)31-3/h25-26H,4-17H2,1-3H3,(H5,27,28,31,33,35)(H5,29,30,32,34,36). The number of carbonyl (C=O) groups excluding carboxylic acids is 1. The SMILES string of the molecule is CN=C(N)NC(N)=NCCCN(CCCN=C(N)NC(N)=NCCCCCCCC(=N)CC(C)=N)C(C)=O. The average Bonchev–Trinajstić information content (AvgIpc) is 2.83. The molecule has 0 heterocycles. The fourth-order valence-corrected chi connectivity index (χ4v) is 3.37. The minimum absolute atomic E-state index is 0.0220. The summed E-state index contributed by atoms with van der Waals surface area (Å²) in [5.41, 5.74) is 24.2. The number of guanidine groups is 4. The Kier molecular flexibility index (Phi) is 19.3. The second-order valence-electron chi connectivity index (χ2n) is 8.95. The summed E-state index contributed by atoms with van der Waals surface area (Å²) in [4.78, 5) is 30.0. The molecule has 0 rings (SSSR count). The zero-order valence-corrected chi connectivity index (χ0v) is 23.4. The highest BCUT2D eigenvalue weighted by Crippen LogP contribution is 2.07. The Labute approximate surface area is 226 Å². The summed E-state index contributed by atoms with van der Waals surface area (Å²) in [6, 6.07) is 0. The Morgan fingerprint density at radius 3 is 1.63 bits per heavy atom. The number of carbonyl (C=O) groups is 1. The van der Waals surface area contributed by atoms with Crippen LogP contribution in [0.5, 0.6) is 0 Å². The largest absolute Gasteiger partial charge is 0.370 e. The van der Waals surface area contributed by atoms with Gasteiger partial charge in [-0.3, -0.25) is 35.4 Å². The molecule has 38 heavy (non-hydrogen) atoms. The molecule has 12 N–H and O–H groups in total. The number of amides is 1. The summed E-state index contributed by atoms with van der Waals surface area (Å²) >= 11 is 0. The minimum atomic E-state index is -0.0220. The van der Waals surface area contributed by atoms with Crippen molar-refractivity contribution in [2.45, 2.75) is 71.6 Å². The normalized spacial score (nSPS) is 12.8. The Balaban J connectivity index is 4.09.